The van der Waals surface area contributed by atoms with E-state index in [0.29, 0.717) is 11.8 Å². The first-order valence-corrected chi connectivity index (χ1v) is 22.4. The second-order valence-electron chi connectivity index (χ2n) is 12.9. The molecule has 2 aromatic heterocycles. The lowest BCUT2D eigenvalue weighted by Gasteiger charge is -2.30. The highest BCUT2D eigenvalue weighted by atomic mass is 32.2. The van der Waals surface area contributed by atoms with Gasteiger partial charge in [-0.2, -0.15) is 4.31 Å². The Bertz CT molecular complexity index is 1860. The van der Waals surface area contributed by atoms with Gasteiger partial charge in [0.15, 0.2) is 17.7 Å². The van der Waals surface area contributed by atoms with Crippen LogP contribution < -0.4 is 16.4 Å². The van der Waals surface area contributed by atoms with E-state index < -0.39 is 89.9 Å². The molecule has 2 amide bonds. The van der Waals surface area contributed by atoms with Gasteiger partial charge in [-0.3, -0.25) is 27.7 Å². The minimum Gasteiger partial charge on any atom is -0.473 e. The molecule has 4 rings (SSSR count). The minimum atomic E-state index is -5.57. The zero-order valence-electron chi connectivity index (χ0n) is 30.5. The van der Waals surface area contributed by atoms with Crippen molar-refractivity contribution < 1.29 is 85.6 Å². The number of thioether (sulfide) groups is 1. The van der Waals surface area contributed by atoms with Crippen LogP contribution in [0.5, 0.6) is 0 Å². The number of nitrogens with one attached hydrogen (secondary N) is 2. The van der Waals surface area contributed by atoms with Crippen LogP contribution in [0.3, 0.4) is 0 Å². The fourth-order valence-corrected chi connectivity index (χ4v) is 8.24. The molecule has 0 bridgehead atoms. The van der Waals surface area contributed by atoms with Gasteiger partial charge in [-0.1, -0.05) is 26.0 Å². The number of rotatable bonds is 19. The van der Waals surface area contributed by atoms with Crippen molar-refractivity contribution in [3.63, 3.8) is 0 Å². The van der Waals surface area contributed by atoms with Crippen LogP contribution in [0.1, 0.15) is 52.2 Å². The Morgan fingerprint density at radius 2 is 1.68 bits per heavy atom. The summed E-state index contributed by atoms with van der Waals surface area (Å²) in [4.78, 5) is 85.3. The van der Waals surface area contributed by atoms with E-state index in [1.165, 1.54) is 39.5 Å². The normalized spacial score (nSPS) is 22.5. The molecule has 2 aliphatic rings. The number of aliphatic hydroxyl groups is 2. The summed E-state index contributed by atoms with van der Waals surface area (Å²) < 4.78 is 61.7. The van der Waals surface area contributed by atoms with Gasteiger partial charge in [0.05, 0.1) is 19.5 Å². The summed E-state index contributed by atoms with van der Waals surface area (Å²) in [6.07, 6.45) is 2.98. The van der Waals surface area contributed by atoms with Crippen LogP contribution in [0, 0.1) is 5.41 Å². The van der Waals surface area contributed by atoms with E-state index in [1.807, 2.05) is 0 Å². The van der Waals surface area contributed by atoms with E-state index in [-0.39, 0.29) is 42.2 Å². The third kappa shape index (κ3) is 16.0. The van der Waals surface area contributed by atoms with Gasteiger partial charge in [0.2, 0.25) is 11.8 Å². The summed E-state index contributed by atoms with van der Waals surface area (Å²) >= 11 is 0.581. The Kier molecular flexibility index (Phi) is 18.2. The van der Waals surface area contributed by atoms with Crippen molar-refractivity contribution in [1.82, 2.24) is 30.2 Å². The van der Waals surface area contributed by atoms with Crippen LogP contribution in [0.25, 0.3) is 11.2 Å². The average molecular weight is 894 g/mol. The summed E-state index contributed by atoms with van der Waals surface area (Å²) in [5.74, 6) is -1.46. The fourth-order valence-electron chi connectivity index (χ4n) is 5.03. The predicted octanol–water partition coefficient (Wildman–Crippen LogP) is 0.933. The molecule has 1 aliphatic carbocycles. The van der Waals surface area contributed by atoms with Crippen molar-refractivity contribution >= 4 is 69.3 Å². The zero-order chi connectivity index (χ0) is 42.6. The molecule has 322 valence electrons. The van der Waals surface area contributed by atoms with Gasteiger partial charge in [-0.15, -0.1) is 0 Å². The maximum atomic E-state index is 12.6. The Balaban J connectivity index is 0.00000132. The molecular weight excluding hydrogens is 847 g/mol. The van der Waals surface area contributed by atoms with Gasteiger partial charge < -0.3 is 56.0 Å². The SMILES string of the molecule is C1=CCCCC1.CC(C)(COP(=O)(O)OP(=O)(O)OC[C@H]1O[C@@H](n2cnc3c(N)ncnc32)[C@H](O)[C@@H]1OP(=O)(O)O)[C@@H](O)C(=O)NCCC(=O)NCCSC(=O)O. The maximum Gasteiger partial charge on any atom is 0.481 e. The zero-order valence-corrected chi connectivity index (χ0v) is 34.0. The molecule has 29 heteroatoms. The number of ether oxygens (including phenoxy) is 1. The lowest BCUT2D eigenvalue weighted by molar-refractivity contribution is -0.137. The highest BCUT2D eigenvalue weighted by Gasteiger charge is 2.50. The second-order valence-corrected chi connectivity index (χ2v) is 18.2. The smallest absolute Gasteiger partial charge is 0.473 e. The second kappa shape index (κ2) is 21.4. The molecule has 0 aromatic carbocycles. The van der Waals surface area contributed by atoms with Crippen molar-refractivity contribution in [2.24, 2.45) is 5.41 Å². The van der Waals surface area contributed by atoms with Crippen molar-refractivity contribution in [3.05, 3.63) is 24.8 Å². The Hall–Kier alpha value is -2.90. The number of carbonyl (C=O) groups is 3. The molecule has 2 unspecified atom stereocenters. The summed E-state index contributed by atoms with van der Waals surface area (Å²) in [5, 5.41) is 33.4. The van der Waals surface area contributed by atoms with Gasteiger partial charge in [0.25, 0.3) is 0 Å². The van der Waals surface area contributed by atoms with Crippen LogP contribution >= 0.6 is 35.2 Å². The number of allylic oxidation sites excluding steroid dienone is 2. The molecular formula is C28H46N7O18P3S. The highest BCUT2D eigenvalue weighted by Crippen LogP contribution is 2.61. The number of nitrogens with zero attached hydrogens (tertiary/aromatic N) is 4. The number of fused-ring (bicyclic) bond motifs is 1. The van der Waals surface area contributed by atoms with Crippen LogP contribution in [0.2, 0.25) is 0 Å². The maximum absolute atomic E-state index is 12.6. The van der Waals surface area contributed by atoms with Crippen LogP contribution in [-0.4, -0.2) is 128 Å². The summed E-state index contributed by atoms with van der Waals surface area (Å²) in [6, 6.07) is 0. The monoisotopic (exact) mass is 893 g/mol. The van der Waals surface area contributed by atoms with E-state index in [2.05, 4.69) is 46.6 Å². The molecule has 11 N–H and O–H groups in total. The first-order chi connectivity index (χ1) is 26.5. The largest absolute Gasteiger partial charge is 0.481 e. The molecule has 7 atom stereocenters. The van der Waals surface area contributed by atoms with Crippen molar-refractivity contribution in [2.75, 3.05) is 37.8 Å². The number of aliphatic hydroxyl groups excluding tert-OH is 2. The number of anilines is 1. The van der Waals surface area contributed by atoms with E-state index in [4.69, 9.17) is 24.6 Å². The van der Waals surface area contributed by atoms with Crippen LogP contribution in [-0.2, 0) is 45.9 Å². The fraction of sp³-hybridized carbons (Fsp3) is 0.643. The number of aromatic nitrogens is 4. The van der Waals surface area contributed by atoms with Crippen molar-refractivity contribution in [2.45, 2.75) is 76.6 Å². The topological polar surface area (TPSA) is 384 Å². The highest BCUT2D eigenvalue weighted by molar-refractivity contribution is 8.13. The standard InChI is InChI=1S/C22H36N7O18P3S.C6H10/c1-22(2,16(32)19(33)25-4-3-12(30)24-5-6-51-21(34)35)8-44-50(41,42)47-49(39,40)43-7-11-15(46-48(36,37)38)14(31)20(45-11)29-10-28-13-17(23)26-9-27-18(13)29;1-2-4-6-5-3-1/h9-11,14-16,20,31-32H,3-8H2,1-2H3,(H,24,30)(H,25,33)(H,34,35)(H,39,40)(H,41,42)(H2,23,26,27)(H2,36,37,38);1-2H,3-6H2/t11-,14-,15-,16+,20-;/m1./s1. The number of hydrogen-bond acceptors (Lipinski definition) is 18. The van der Waals surface area contributed by atoms with Gasteiger partial charge in [0.1, 0.15) is 36.3 Å². The molecule has 0 saturated carbocycles. The molecule has 1 aliphatic heterocycles. The number of carboxylic acid groups (broad SMARTS) is 1. The average Bonchev–Trinajstić information content (AvgIpc) is 3.69. The van der Waals surface area contributed by atoms with E-state index in [1.54, 1.807) is 0 Å². The van der Waals surface area contributed by atoms with Gasteiger partial charge in [-0.05, 0) is 37.4 Å². The number of amides is 2. The molecule has 57 heavy (non-hydrogen) atoms. The van der Waals surface area contributed by atoms with Crippen LogP contribution in [0.15, 0.2) is 24.8 Å². The van der Waals surface area contributed by atoms with Crippen molar-refractivity contribution in [1.29, 1.82) is 0 Å². The molecule has 0 radical (unpaired) electrons. The first-order valence-electron chi connectivity index (χ1n) is 16.9. The number of nitrogens with two attached hydrogens (primary N) is 1. The predicted molar refractivity (Wildman–Crippen MR) is 198 cm³/mol. The van der Waals surface area contributed by atoms with Gasteiger partial charge in [-0.25, -0.2) is 33.4 Å². The van der Waals surface area contributed by atoms with Crippen molar-refractivity contribution in [3.8, 4) is 0 Å². The quantitative estimate of drug-likeness (QED) is 0.0532. The third-order valence-corrected chi connectivity index (χ3v) is 11.6. The molecule has 1 fully saturated rings. The van der Waals surface area contributed by atoms with E-state index in [9.17, 15) is 57.9 Å². The number of nitrogen functional groups attached to an aromatic ring is 1. The molecule has 3 heterocycles. The molecule has 25 nitrogen and oxygen atoms in total. The molecule has 2 aromatic rings. The number of imidazole rings is 1. The lowest BCUT2D eigenvalue weighted by Crippen LogP contribution is -2.46. The Labute approximate surface area is 329 Å². The van der Waals surface area contributed by atoms with Gasteiger partial charge in [0, 0.05) is 30.7 Å². The number of carbonyl (C=O) groups excluding carboxylic acids is 2. The summed E-state index contributed by atoms with van der Waals surface area (Å²) in [6.45, 7) is 0.237. The summed E-state index contributed by atoms with van der Waals surface area (Å²) in [5.41, 5.74) is 4.22. The van der Waals surface area contributed by atoms with E-state index >= 15 is 0 Å². The number of phosphoric ester groups is 3. The van der Waals surface area contributed by atoms with Crippen LogP contribution in [0.4, 0.5) is 10.6 Å². The third-order valence-electron chi connectivity index (χ3n) is 7.89. The number of hydrogen-bond donors (Lipinski definition) is 10. The summed E-state index contributed by atoms with van der Waals surface area (Å²) in [7, 11) is -16.4. The Morgan fingerprint density at radius 1 is 1.04 bits per heavy atom. The minimum absolute atomic E-state index is 0.0246. The van der Waals surface area contributed by atoms with E-state index in [0.717, 1.165) is 17.2 Å². The van der Waals surface area contributed by atoms with Gasteiger partial charge >= 0.3 is 28.8 Å². The first kappa shape index (κ1) is 48.5. The molecule has 1 saturated heterocycles. The lowest BCUT2D eigenvalue weighted by atomic mass is 9.87. The number of phosphoric acid groups is 3. The molecule has 0 spiro atoms. The Morgan fingerprint density at radius 3 is 2.28 bits per heavy atom.